The van der Waals surface area contributed by atoms with Crippen molar-refractivity contribution in [2.75, 3.05) is 30.4 Å². The van der Waals surface area contributed by atoms with E-state index in [4.69, 9.17) is 0 Å². The minimum Gasteiger partial charge on any atom is -0.383 e. The van der Waals surface area contributed by atoms with Crippen LogP contribution in [-0.4, -0.2) is 20.1 Å². The van der Waals surface area contributed by atoms with Crippen molar-refractivity contribution >= 4 is 11.4 Å². The van der Waals surface area contributed by atoms with Crippen molar-refractivity contribution in [1.29, 1.82) is 0 Å². The molecule has 86 valence electrons. The van der Waals surface area contributed by atoms with Crippen molar-refractivity contribution in [3.8, 4) is 0 Å². The van der Waals surface area contributed by atoms with Crippen LogP contribution < -0.4 is 10.2 Å². The molecule has 0 aromatic heterocycles. The molecule has 1 aliphatic heterocycles. The highest BCUT2D eigenvalue weighted by atomic mass is 15.2. The van der Waals surface area contributed by atoms with E-state index in [9.17, 15) is 0 Å². The molecule has 2 heteroatoms. The fraction of sp³-hybridized carbons (Fsp3) is 0.571. The normalized spacial score (nSPS) is 22.0. The average Bonchev–Trinajstić information content (AvgIpc) is 2.36. The maximum atomic E-state index is 3.65. The van der Waals surface area contributed by atoms with Crippen LogP contribution >= 0.6 is 0 Å². The second kappa shape index (κ2) is 3.41. The summed E-state index contributed by atoms with van der Waals surface area (Å²) in [5.74, 6) is 0. The number of fused-ring (bicyclic) bond motifs is 1. The SMILES string of the molecule is Cc1cccc2c1N(C)CC1(CCC1)CN2. The molecular formula is C14H20N2. The monoisotopic (exact) mass is 216 g/mol. The molecule has 0 saturated heterocycles. The van der Waals surface area contributed by atoms with Gasteiger partial charge in [0.05, 0.1) is 11.4 Å². The first-order valence-electron chi connectivity index (χ1n) is 6.25. The van der Waals surface area contributed by atoms with E-state index in [1.54, 1.807) is 0 Å². The zero-order chi connectivity index (χ0) is 11.2. The topological polar surface area (TPSA) is 15.3 Å². The zero-order valence-corrected chi connectivity index (χ0v) is 10.2. The summed E-state index contributed by atoms with van der Waals surface area (Å²) in [6.07, 6.45) is 4.18. The molecule has 0 radical (unpaired) electrons. The van der Waals surface area contributed by atoms with Gasteiger partial charge < -0.3 is 10.2 Å². The van der Waals surface area contributed by atoms with E-state index in [0.717, 1.165) is 6.54 Å². The molecule has 1 N–H and O–H groups in total. The Bertz CT molecular complexity index is 407. The molecule has 2 nitrogen and oxygen atoms in total. The van der Waals surface area contributed by atoms with E-state index in [-0.39, 0.29) is 0 Å². The summed E-state index contributed by atoms with van der Waals surface area (Å²) in [6.45, 7) is 4.56. The van der Waals surface area contributed by atoms with Gasteiger partial charge in [0, 0.05) is 25.6 Å². The average molecular weight is 216 g/mol. The van der Waals surface area contributed by atoms with Crippen LogP contribution in [0.4, 0.5) is 11.4 Å². The van der Waals surface area contributed by atoms with Crippen LogP contribution in [0, 0.1) is 12.3 Å². The standard InChI is InChI=1S/C14H20N2/c1-11-5-3-6-12-13(11)16(2)10-14(9-15-12)7-4-8-14/h3,5-6,15H,4,7-10H2,1-2H3. The van der Waals surface area contributed by atoms with Gasteiger partial charge in [-0.1, -0.05) is 18.6 Å². The lowest BCUT2D eigenvalue weighted by atomic mass is 9.68. The summed E-state index contributed by atoms with van der Waals surface area (Å²) >= 11 is 0. The molecule has 1 fully saturated rings. The highest BCUT2D eigenvalue weighted by molar-refractivity contribution is 5.74. The van der Waals surface area contributed by atoms with Crippen LogP contribution in [0.25, 0.3) is 0 Å². The van der Waals surface area contributed by atoms with Crippen molar-refractivity contribution in [3.63, 3.8) is 0 Å². The number of rotatable bonds is 0. The summed E-state index contributed by atoms with van der Waals surface area (Å²) in [7, 11) is 2.24. The molecule has 1 saturated carbocycles. The number of hydrogen-bond acceptors (Lipinski definition) is 2. The summed E-state index contributed by atoms with van der Waals surface area (Å²) in [5, 5.41) is 3.65. The van der Waals surface area contributed by atoms with E-state index >= 15 is 0 Å². The summed E-state index contributed by atoms with van der Waals surface area (Å²) in [5.41, 5.74) is 4.63. The number of nitrogens with one attached hydrogen (secondary N) is 1. The van der Waals surface area contributed by atoms with Crippen LogP contribution in [-0.2, 0) is 0 Å². The first kappa shape index (κ1) is 10.0. The Hall–Kier alpha value is -1.18. The fourth-order valence-electron chi connectivity index (χ4n) is 3.24. The van der Waals surface area contributed by atoms with Gasteiger partial charge in [-0.15, -0.1) is 0 Å². The second-order valence-corrected chi connectivity index (χ2v) is 5.53. The molecule has 2 aliphatic rings. The Balaban J connectivity index is 1.99. The summed E-state index contributed by atoms with van der Waals surface area (Å²) in [4.78, 5) is 2.45. The Kier molecular flexibility index (Phi) is 2.13. The minimum absolute atomic E-state index is 0.542. The third-order valence-electron chi connectivity index (χ3n) is 4.26. The van der Waals surface area contributed by atoms with Gasteiger partial charge in [0.25, 0.3) is 0 Å². The molecule has 16 heavy (non-hydrogen) atoms. The Morgan fingerprint density at radius 3 is 2.81 bits per heavy atom. The summed E-state index contributed by atoms with van der Waals surface area (Å²) < 4.78 is 0. The molecule has 0 unspecified atom stereocenters. The molecule has 1 spiro atoms. The lowest BCUT2D eigenvalue weighted by molar-refractivity contribution is 0.162. The van der Waals surface area contributed by atoms with E-state index in [0.29, 0.717) is 5.41 Å². The molecule has 0 bridgehead atoms. The van der Waals surface area contributed by atoms with Gasteiger partial charge >= 0.3 is 0 Å². The molecule has 1 aliphatic carbocycles. The molecule has 0 amide bonds. The molecule has 1 aromatic carbocycles. The van der Waals surface area contributed by atoms with E-state index in [1.807, 2.05) is 0 Å². The lowest BCUT2D eigenvalue weighted by Gasteiger charge is -2.43. The van der Waals surface area contributed by atoms with Gasteiger partial charge in [0.15, 0.2) is 0 Å². The van der Waals surface area contributed by atoms with Crippen LogP contribution in [0.5, 0.6) is 0 Å². The Labute approximate surface area is 97.6 Å². The maximum absolute atomic E-state index is 3.65. The number of para-hydroxylation sites is 1. The van der Waals surface area contributed by atoms with Crippen LogP contribution in [0.15, 0.2) is 18.2 Å². The van der Waals surface area contributed by atoms with Crippen molar-refractivity contribution in [2.24, 2.45) is 5.41 Å². The fourth-order valence-corrected chi connectivity index (χ4v) is 3.24. The molecule has 3 rings (SSSR count). The predicted molar refractivity (Wildman–Crippen MR) is 69.2 cm³/mol. The largest absolute Gasteiger partial charge is 0.383 e. The number of anilines is 2. The Morgan fingerprint density at radius 2 is 2.12 bits per heavy atom. The number of nitrogens with zero attached hydrogens (tertiary/aromatic N) is 1. The third kappa shape index (κ3) is 1.40. The van der Waals surface area contributed by atoms with E-state index < -0.39 is 0 Å². The van der Waals surface area contributed by atoms with Gasteiger partial charge in [0.1, 0.15) is 0 Å². The zero-order valence-electron chi connectivity index (χ0n) is 10.2. The van der Waals surface area contributed by atoms with E-state index in [2.05, 4.69) is 42.4 Å². The van der Waals surface area contributed by atoms with Crippen molar-refractivity contribution in [2.45, 2.75) is 26.2 Å². The van der Waals surface area contributed by atoms with E-state index in [1.165, 1.54) is 42.7 Å². The molecular weight excluding hydrogens is 196 g/mol. The Morgan fingerprint density at radius 1 is 1.31 bits per heavy atom. The minimum atomic E-state index is 0.542. The van der Waals surface area contributed by atoms with Gasteiger partial charge in [-0.05, 0) is 31.4 Å². The van der Waals surface area contributed by atoms with Crippen LogP contribution in [0.2, 0.25) is 0 Å². The predicted octanol–water partition coefficient (Wildman–Crippen LogP) is 3.03. The van der Waals surface area contributed by atoms with Gasteiger partial charge in [0.2, 0.25) is 0 Å². The van der Waals surface area contributed by atoms with Crippen LogP contribution in [0.3, 0.4) is 0 Å². The van der Waals surface area contributed by atoms with Crippen LogP contribution in [0.1, 0.15) is 24.8 Å². The summed E-state index contributed by atoms with van der Waals surface area (Å²) in [6, 6.07) is 6.56. The number of aryl methyl sites for hydroxylation is 1. The highest BCUT2D eigenvalue weighted by Gasteiger charge is 2.39. The van der Waals surface area contributed by atoms with Crippen molar-refractivity contribution < 1.29 is 0 Å². The highest BCUT2D eigenvalue weighted by Crippen LogP contribution is 2.45. The quantitative estimate of drug-likeness (QED) is 0.717. The second-order valence-electron chi connectivity index (χ2n) is 5.53. The lowest BCUT2D eigenvalue weighted by Crippen LogP contribution is -2.43. The first-order chi connectivity index (χ1) is 7.70. The maximum Gasteiger partial charge on any atom is 0.0629 e. The third-order valence-corrected chi connectivity index (χ3v) is 4.26. The van der Waals surface area contributed by atoms with Crippen molar-refractivity contribution in [3.05, 3.63) is 23.8 Å². The molecule has 1 aromatic rings. The molecule has 1 heterocycles. The van der Waals surface area contributed by atoms with Gasteiger partial charge in [-0.25, -0.2) is 0 Å². The number of benzene rings is 1. The van der Waals surface area contributed by atoms with Gasteiger partial charge in [-0.2, -0.15) is 0 Å². The van der Waals surface area contributed by atoms with Gasteiger partial charge in [-0.3, -0.25) is 0 Å². The van der Waals surface area contributed by atoms with Crippen molar-refractivity contribution in [1.82, 2.24) is 0 Å². The smallest absolute Gasteiger partial charge is 0.0629 e. The molecule has 0 atom stereocenters. The number of hydrogen-bond donors (Lipinski definition) is 1. The first-order valence-corrected chi connectivity index (χ1v) is 6.25.